The maximum absolute atomic E-state index is 10.9. The smallest absolute Gasteiger partial charge is 0.157 e. The van der Waals surface area contributed by atoms with Crippen LogP contribution in [0.4, 0.5) is 0 Å². The van der Waals surface area contributed by atoms with Crippen LogP contribution in [0.2, 0.25) is 0 Å². The lowest BCUT2D eigenvalue weighted by Gasteiger charge is -2.25. The van der Waals surface area contributed by atoms with E-state index in [-0.39, 0.29) is 5.75 Å². The largest absolute Gasteiger partial charge is 0.317 e. The van der Waals surface area contributed by atoms with E-state index in [4.69, 9.17) is 4.55 Å². The molecule has 0 amide bonds. The number of hydrogen-bond acceptors (Lipinski definition) is 2. The van der Waals surface area contributed by atoms with Crippen molar-refractivity contribution in [3.05, 3.63) is 34.9 Å². The summed E-state index contributed by atoms with van der Waals surface area (Å²) in [5.41, 5.74) is 3.55. The van der Waals surface area contributed by atoms with Crippen LogP contribution in [0.1, 0.15) is 35.4 Å². The van der Waals surface area contributed by atoms with Gasteiger partial charge in [0.15, 0.2) is 11.1 Å². The van der Waals surface area contributed by atoms with E-state index in [2.05, 4.69) is 18.3 Å². The van der Waals surface area contributed by atoms with Crippen LogP contribution < -0.4 is 5.32 Å². The standard InChI is InChI=1S/C13H19NO2S/c1-10-12(9-17(15)16)3-2-4-13(10)11-5-7-14-8-6-11/h2-4,11,14H,5-9H2,1H3,(H,15,16). The van der Waals surface area contributed by atoms with E-state index in [9.17, 15) is 4.21 Å². The van der Waals surface area contributed by atoms with E-state index in [1.165, 1.54) is 11.1 Å². The second-order valence-corrected chi connectivity index (χ2v) is 5.55. The second kappa shape index (κ2) is 5.76. The van der Waals surface area contributed by atoms with Crippen molar-refractivity contribution in [1.29, 1.82) is 0 Å². The molecule has 1 heterocycles. The van der Waals surface area contributed by atoms with Crippen molar-refractivity contribution in [1.82, 2.24) is 5.32 Å². The Bertz CT molecular complexity index is 414. The molecule has 0 saturated carbocycles. The number of piperidine rings is 1. The molecule has 0 spiro atoms. The monoisotopic (exact) mass is 253 g/mol. The number of hydrogen-bond donors (Lipinski definition) is 2. The van der Waals surface area contributed by atoms with E-state index in [1.54, 1.807) is 0 Å². The first-order valence-electron chi connectivity index (χ1n) is 6.05. The molecule has 3 nitrogen and oxygen atoms in total. The third-order valence-corrected chi connectivity index (χ3v) is 4.10. The summed E-state index contributed by atoms with van der Waals surface area (Å²) in [5.74, 6) is 0.841. The van der Waals surface area contributed by atoms with Crippen LogP contribution in [-0.4, -0.2) is 21.9 Å². The Labute approximate surface area is 105 Å². The van der Waals surface area contributed by atoms with E-state index in [0.29, 0.717) is 5.92 Å². The van der Waals surface area contributed by atoms with E-state index < -0.39 is 11.1 Å². The van der Waals surface area contributed by atoms with Gasteiger partial charge in [0.2, 0.25) is 0 Å². The molecular weight excluding hydrogens is 234 g/mol. The van der Waals surface area contributed by atoms with Crippen LogP contribution in [-0.2, 0) is 16.8 Å². The summed E-state index contributed by atoms with van der Waals surface area (Å²) in [5, 5.41) is 3.36. The summed E-state index contributed by atoms with van der Waals surface area (Å²) in [4.78, 5) is 0. The first kappa shape index (κ1) is 12.7. The van der Waals surface area contributed by atoms with Crippen LogP contribution >= 0.6 is 0 Å². The summed E-state index contributed by atoms with van der Waals surface area (Å²) < 4.78 is 19.9. The van der Waals surface area contributed by atoms with Gasteiger partial charge < -0.3 is 9.87 Å². The molecule has 1 aromatic rings. The number of rotatable bonds is 3. The molecule has 94 valence electrons. The number of benzene rings is 1. The molecular formula is C13H19NO2S. The van der Waals surface area contributed by atoms with Gasteiger partial charge in [0.05, 0.1) is 5.75 Å². The molecule has 1 saturated heterocycles. The highest BCUT2D eigenvalue weighted by Gasteiger charge is 2.18. The van der Waals surface area contributed by atoms with Gasteiger partial charge in [-0.25, -0.2) is 4.21 Å². The third-order valence-electron chi connectivity index (χ3n) is 3.55. The van der Waals surface area contributed by atoms with Crippen molar-refractivity contribution >= 4 is 11.1 Å². The van der Waals surface area contributed by atoms with Crippen molar-refractivity contribution in [3.63, 3.8) is 0 Å². The third kappa shape index (κ3) is 3.15. The quantitative estimate of drug-likeness (QED) is 0.812. The molecule has 17 heavy (non-hydrogen) atoms. The lowest BCUT2D eigenvalue weighted by molar-refractivity contribution is 0.459. The van der Waals surface area contributed by atoms with Crippen molar-refractivity contribution in [2.75, 3.05) is 13.1 Å². The first-order valence-corrected chi connectivity index (χ1v) is 7.32. The predicted octanol–water partition coefficient (Wildman–Crippen LogP) is 2.18. The highest BCUT2D eigenvalue weighted by atomic mass is 32.2. The van der Waals surface area contributed by atoms with E-state index >= 15 is 0 Å². The molecule has 1 aromatic carbocycles. The van der Waals surface area contributed by atoms with Gasteiger partial charge in [-0.3, -0.25) is 0 Å². The van der Waals surface area contributed by atoms with Gasteiger partial charge in [0, 0.05) is 0 Å². The zero-order valence-electron chi connectivity index (χ0n) is 10.1. The number of nitrogens with one attached hydrogen (secondary N) is 1. The summed E-state index contributed by atoms with van der Waals surface area (Å²) in [6, 6.07) is 6.12. The highest BCUT2D eigenvalue weighted by molar-refractivity contribution is 7.78. The Morgan fingerprint density at radius 1 is 1.41 bits per heavy atom. The average molecular weight is 253 g/mol. The lowest BCUT2D eigenvalue weighted by Crippen LogP contribution is -2.27. The van der Waals surface area contributed by atoms with Gasteiger partial charge in [-0.1, -0.05) is 18.2 Å². The zero-order valence-corrected chi connectivity index (χ0v) is 10.9. The molecule has 2 N–H and O–H groups in total. The van der Waals surface area contributed by atoms with Crippen molar-refractivity contribution in [2.45, 2.75) is 31.4 Å². The molecule has 4 heteroatoms. The Balaban J connectivity index is 2.24. The Kier molecular flexibility index (Phi) is 4.31. The zero-order chi connectivity index (χ0) is 12.3. The maximum atomic E-state index is 10.9. The fraction of sp³-hybridized carbons (Fsp3) is 0.538. The molecule has 0 radical (unpaired) electrons. The lowest BCUT2D eigenvalue weighted by atomic mass is 9.86. The van der Waals surface area contributed by atoms with Gasteiger partial charge in [0.1, 0.15) is 0 Å². The highest BCUT2D eigenvalue weighted by Crippen LogP contribution is 2.29. The minimum atomic E-state index is -1.75. The topological polar surface area (TPSA) is 49.3 Å². The minimum Gasteiger partial charge on any atom is -0.317 e. The molecule has 1 unspecified atom stereocenters. The van der Waals surface area contributed by atoms with Crippen LogP contribution in [0.25, 0.3) is 0 Å². The van der Waals surface area contributed by atoms with E-state index in [0.717, 1.165) is 31.5 Å². The van der Waals surface area contributed by atoms with Crippen LogP contribution in [0.3, 0.4) is 0 Å². The summed E-state index contributed by atoms with van der Waals surface area (Å²) in [6.07, 6.45) is 2.32. The van der Waals surface area contributed by atoms with Gasteiger partial charge >= 0.3 is 0 Å². The molecule has 1 aliphatic rings. The minimum absolute atomic E-state index is 0.241. The maximum Gasteiger partial charge on any atom is 0.157 e. The van der Waals surface area contributed by atoms with Crippen LogP contribution in [0.5, 0.6) is 0 Å². The molecule has 2 rings (SSSR count). The van der Waals surface area contributed by atoms with Crippen LogP contribution in [0.15, 0.2) is 18.2 Å². The Morgan fingerprint density at radius 2 is 2.12 bits per heavy atom. The van der Waals surface area contributed by atoms with Crippen molar-refractivity contribution in [2.24, 2.45) is 0 Å². The molecule has 1 aliphatic heterocycles. The molecule has 0 bridgehead atoms. The summed E-state index contributed by atoms with van der Waals surface area (Å²) in [6.45, 7) is 4.21. The van der Waals surface area contributed by atoms with Gasteiger partial charge in [-0.2, -0.15) is 0 Å². The fourth-order valence-corrected chi connectivity index (χ4v) is 3.15. The summed E-state index contributed by atoms with van der Waals surface area (Å²) in [7, 11) is 0. The SMILES string of the molecule is Cc1c(CS(=O)O)cccc1C1CCNCC1. The predicted molar refractivity (Wildman–Crippen MR) is 70.5 cm³/mol. The van der Waals surface area contributed by atoms with Gasteiger partial charge in [-0.15, -0.1) is 0 Å². The van der Waals surface area contributed by atoms with Crippen LogP contribution in [0, 0.1) is 6.92 Å². The molecule has 0 aliphatic carbocycles. The molecule has 0 aromatic heterocycles. The van der Waals surface area contributed by atoms with E-state index in [1.807, 2.05) is 12.1 Å². The Hall–Kier alpha value is -0.710. The molecule has 1 atom stereocenters. The van der Waals surface area contributed by atoms with Gasteiger partial charge in [-0.05, 0) is 55.5 Å². The first-order chi connectivity index (χ1) is 8.18. The van der Waals surface area contributed by atoms with Gasteiger partial charge in [0.25, 0.3) is 0 Å². The van der Waals surface area contributed by atoms with Crippen molar-refractivity contribution in [3.8, 4) is 0 Å². The second-order valence-electron chi connectivity index (χ2n) is 4.62. The Morgan fingerprint density at radius 3 is 2.76 bits per heavy atom. The normalized spacial score (nSPS) is 19.2. The fourth-order valence-electron chi connectivity index (χ4n) is 2.57. The summed E-state index contributed by atoms with van der Waals surface area (Å²) >= 11 is -1.75. The average Bonchev–Trinajstić information content (AvgIpc) is 2.32. The molecule has 1 fully saturated rings. The van der Waals surface area contributed by atoms with Crippen molar-refractivity contribution < 1.29 is 8.76 Å².